The number of phosphoric acid groups is 1. The Labute approximate surface area is 729 Å². The molecule has 20 rings (SSSR count). The minimum atomic E-state index is -5.06. The summed E-state index contributed by atoms with van der Waals surface area (Å²) in [6, 6.07) is 16.2. The van der Waals surface area contributed by atoms with Crippen molar-refractivity contribution in [3.63, 3.8) is 0 Å². The SMILES string of the molecule is N.N.N#CCCO[P@]1(=S)OC[C@H]2O[C@@H]3[C@H](F)[C@@H]2O[P@@](=O)(SCc2ccccc2[N+](=O)[O-])OC[C@H]2O[C@H]([C@H](F)[C@@H]2O1)n1cnc2c(ncnc21)N(C(=O)c1ccccc1)C/C=C/CCc1ncnc2c1ncn23.O=P1(O)OC[C@H]2O[C@@H]3[C@H](F)[C@@H]2OP(O)(=S)OC[C@H]2O[C@H]([C@H](F)[C@@H]2O1)n1cnc2c(ncnc21)CC/C=C/CNc1ncnc2c1ncn23.S.S.S. The second kappa shape index (κ2) is 39.8. The third-order valence-electron chi connectivity index (χ3n) is 20.0. The van der Waals surface area contributed by atoms with Crippen LogP contribution in [0.2, 0.25) is 0 Å². The van der Waals surface area contributed by atoms with E-state index >= 15 is 22.1 Å². The van der Waals surface area contributed by atoms with E-state index in [1.807, 2.05) is 24.3 Å². The standard InChI is InChI=1S/C42H39F2N11O11P2S2.C25H27F2N9O9P2S.2H3N.3H2S/c43-31-35-30-19-62-68(69,60-17-9-15-45)66-36-29(18-61-67(59,65-35)70-20-26-12-6-7-14-28(26)55(57)58)63-42(32(36)44)54-24-51-34-38(48-22-49-39(34)54)52(40(56)25-10-3-1-4-11-25)16-8-2-5-13-27-33-37(47-21-46-27)53(23-50-33)41(31)64-30;26-15-19-14-7-41-47(39,48)45-20-13(6-40-46(37,38)44-19)42-25(16(20)27)36-11-34-18-21(30-9-32-23(18)36)28-5-3-1-2-4-12-17-22(31-8-29-12)35(10-33-17)24(15)43-14;;;;;/h1-4,6-8,10-12,14,21-24,29-32,35-36,41-42H,5,9,13,16-20H2;1,3,8-11,13-16,19-20,24-25H,2,4-7H2,(H,37,38)(H,39,48)(H,28,30,32);2*1H3;3*1H2/b8-2+;3-1+;;;;;/t29-,30-,31-,32-,35-,36-,41-,42-,67+,68+;13-,14-,15-,16-,19-,20-,24-,25-,47?;;;;;/m11...../s1. The van der Waals surface area contributed by atoms with Gasteiger partial charge in [0.1, 0.15) is 85.2 Å². The van der Waals surface area contributed by atoms with Crippen molar-refractivity contribution in [1.29, 1.82) is 5.26 Å². The number of para-hydroxylation sites is 1. The number of hydrogen-bond acceptors (Lipinski definition) is 37. The van der Waals surface area contributed by atoms with Crippen LogP contribution in [0.3, 0.4) is 0 Å². The van der Waals surface area contributed by atoms with Gasteiger partial charge in [-0.05, 0) is 72.8 Å². The number of nitrogens with one attached hydrogen (secondary N) is 1. The minimum absolute atomic E-state index is 0. The van der Waals surface area contributed by atoms with Crippen molar-refractivity contribution in [1.82, 2.24) is 90.4 Å². The number of nitro groups is 1. The monoisotopic (exact) mass is 1900 g/mol. The Bertz CT molecular complexity index is 5660. The van der Waals surface area contributed by atoms with Crippen LogP contribution in [0.15, 0.2) is 130 Å². The van der Waals surface area contributed by atoms with Crippen molar-refractivity contribution in [2.45, 2.75) is 136 Å². The fourth-order valence-corrected chi connectivity index (χ4v) is 22.3. The van der Waals surface area contributed by atoms with Gasteiger partial charge in [-0.25, -0.2) is 86.5 Å². The molecule has 18 heterocycles. The van der Waals surface area contributed by atoms with E-state index in [0.717, 1.165) is 0 Å². The number of alkyl halides is 4. The average Bonchev–Trinajstić information content (AvgIpc) is 1.62. The van der Waals surface area contributed by atoms with Gasteiger partial charge in [0.15, 0.2) is 94.9 Å². The predicted octanol–water partition coefficient (Wildman–Crippen LogP) is 10.1. The number of halogens is 4. The molecule has 0 saturated carbocycles. The molecule has 10 aliphatic heterocycles. The van der Waals surface area contributed by atoms with Gasteiger partial charge in [0.2, 0.25) is 0 Å². The maximum Gasteiger partial charge on any atom is 0.472 e. The van der Waals surface area contributed by atoms with Crippen LogP contribution in [0.5, 0.6) is 0 Å². The maximum atomic E-state index is 17.5. The van der Waals surface area contributed by atoms with E-state index in [2.05, 4.69) is 65.1 Å². The molecule has 56 heteroatoms. The average molecular weight is 1900 g/mol. The first-order valence-electron chi connectivity index (χ1n) is 36.3. The third-order valence-corrected chi connectivity index (χ3v) is 28.5. The lowest BCUT2D eigenvalue weighted by molar-refractivity contribution is -0.385. The van der Waals surface area contributed by atoms with Gasteiger partial charge in [0.25, 0.3) is 11.6 Å². The number of nitrogens with zero attached hydrogens (tertiary/aromatic N) is 19. The second-order valence-electron chi connectivity index (χ2n) is 27.3. The van der Waals surface area contributed by atoms with E-state index in [4.69, 9.17) is 83.3 Å². The van der Waals surface area contributed by atoms with Crippen LogP contribution in [0.4, 0.5) is 34.9 Å². The van der Waals surface area contributed by atoms with Crippen LogP contribution >= 0.6 is 79.9 Å². The highest BCUT2D eigenvalue weighted by Gasteiger charge is 2.58. The summed E-state index contributed by atoms with van der Waals surface area (Å²) >= 11 is 11.6. The zero-order valence-corrected chi connectivity index (χ0v) is 72.8. The van der Waals surface area contributed by atoms with E-state index in [1.165, 1.54) is 92.0 Å². The molecule has 0 spiro atoms. The van der Waals surface area contributed by atoms with Crippen molar-refractivity contribution < 1.29 is 106 Å². The maximum absolute atomic E-state index is 17.5. The van der Waals surface area contributed by atoms with Gasteiger partial charge in [0, 0.05) is 36.0 Å². The Morgan fingerprint density at radius 3 is 1.63 bits per heavy atom. The number of imidazole rings is 4. The van der Waals surface area contributed by atoms with Gasteiger partial charge in [-0.2, -0.15) is 45.7 Å². The number of nitro benzene ring substituents is 1. The molecule has 10 aromatic rings. The lowest BCUT2D eigenvalue weighted by Gasteiger charge is -2.31. The predicted molar refractivity (Wildman–Crippen MR) is 451 cm³/mol. The molecule has 123 heavy (non-hydrogen) atoms. The summed E-state index contributed by atoms with van der Waals surface area (Å²) in [7, 11) is -5.06. The highest BCUT2D eigenvalue weighted by Crippen LogP contribution is 2.66. The van der Waals surface area contributed by atoms with Crippen LogP contribution in [-0.2, 0) is 111 Å². The molecule has 0 radical (unpaired) electrons. The topological polar surface area (TPSA) is 538 Å². The van der Waals surface area contributed by atoms with Gasteiger partial charge in [0.05, 0.1) is 87.1 Å². The number of fused-ring (bicyclic) bond motifs is 20. The highest BCUT2D eigenvalue weighted by atomic mass is 32.7. The second-order valence-corrected chi connectivity index (χ2v) is 38.5. The number of benzene rings is 2. The smallest absolute Gasteiger partial charge is 0.365 e. The molecule has 28 bridgehead atoms. The fraction of sp³-hybridized carbons (Fsp3) is 0.433. The summed E-state index contributed by atoms with van der Waals surface area (Å²) in [6.07, 6.45) is -7.70. The van der Waals surface area contributed by atoms with Gasteiger partial charge >= 0.3 is 28.1 Å². The Morgan fingerprint density at radius 2 is 1.06 bits per heavy atom. The number of allylic oxidation sites excluding steroid dienone is 2. The molecule has 2 unspecified atom stereocenters. The van der Waals surface area contributed by atoms with Crippen molar-refractivity contribution in [2.24, 2.45) is 0 Å². The Kier molecular flexibility index (Phi) is 30.6. The van der Waals surface area contributed by atoms with Crippen molar-refractivity contribution in [3.8, 4) is 6.07 Å². The normalized spacial score (nSPS) is 31.8. The minimum Gasteiger partial charge on any atom is -0.365 e. The molecule has 2 aromatic carbocycles. The molecule has 6 fully saturated rings. The van der Waals surface area contributed by atoms with E-state index in [0.29, 0.717) is 82.9 Å². The largest absolute Gasteiger partial charge is 0.472 e. The number of phosphoric ester groups is 1. The number of anilines is 2. The van der Waals surface area contributed by atoms with Gasteiger partial charge in [-0.1, -0.05) is 60.7 Å². The molecule has 660 valence electrons. The van der Waals surface area contributed by atoms with E-state index in [9.17, 15) is 34.5 Å². The number of nitriles is 1. The lowest BCUT2D eigenvalue weighted by atomic mass is 10.1. The van der Waals surface area contributed by atoms with Gasteiger partial charge in [-0.15, -0.1) is 0 Å². The fourth-order valence-electron chi connectivity index (χ4n) is 14.4. The number of amides is 1. The summed E-state index contributed by atoms with van der Waals surface area (Å²) < 4.78 is 177. The summed E-state index contributed by atoms with van der Waals surface area (Å²) in [6.45, 7) is -15.9. The quantitative estimate of drug-likeness (QED) is 0.0236. The number of hydrogen-bond donors (Lipinski definition) is 5. The zero-order valence-electron chi connectivity index (χ0n) is 63.7. The van der Waals surface area contributed by atoms with Crippen molar-refractivity contribution in [2.75, 3.05) is 56.3 Å². The Balaban J connectivity index is 0.000000229. The first-order chi connectivity index (χ1) is 57.0. The molecule has 10 aliphatic rings. The Hall–Kier alpha value is -7.52. The first-order valence-corrected chi connectivity index (χ1v) is 46.1. The number of aromatic nitrogens is 16. The number of rotatable bonds is 8. The zero-order chi connectivity index (χ0) is 81.8. The van der Waals surface area contributed by atoms with Crippen LogP contribution in [0.1, 0.15) is 71.5 Å². The molecule has 1 amide bonds. The molecule has 6 saturated heterocycles. The molecule has 9 N–H and O–H groups in total. The first kappa shape index (κ1) is 94.6. The summed E-state index contributed by atoms with van der Waals surface area (Å²) in [5.74, 6) is -0.260. The highest BCUT2D eigenvalue weighted by molar-refractivity contribution is 8.54. The molecular formula is C67H78F4N22O20P4S6. The summed E-state index contributed by atoms with van der Waals surface area (Å²) in [5, 5.41) is 24.5. The van der Waals surface area contributed by atoms with Crippen LogP contribution in [-0.4, -0.2) is 218 Å². The number of aryl methyl sites for hydroxylation is 2. The molecular weight excluding hydrogens is 1830 g/mol. The van der Waals surface area contributed by atoms with Crippen LogP contribution < -0.4 is 22.5 Å². The van der Waals surface area contributed by atoms with E-state index in [1.54, 1.807) is 42.5 Å². The van der Waals surface area contributed by atoms with Gasteiger partial charge in [-0.3, -0.25) is 65.2 Å². The van der Waals surface area contributed by atoms with Gasteiger partial charge < -0.3 is 59.9 Å². The molecule has 20 atom stereocenters. The molecule has 42 nitrogen and oxygen atoms in total. The van der Waals surface area contributed by atoms with E-state index in [-0.39, 0.29) is 123 Å². The number of carbonyl (C=O) groups is 1. The van der Waals surface area contributed by atoms with Crippen LogP contribution in [0.25, 0.3) is 44.7 Å². The summed E-state index contributed by atoms with van der Waals surface area (Å²) in [4.78, 5) is 101. The number of carbonyl (C=O) groups excluding carboxylic acids is 1. The van der Waals surface area contributed by atoms with E-state index < -0.39 is 164 Å². The van der Waals surface area contributed by atoms with Crippen LogP contribution in [0, 0.1) is 21.4 Å². The Morgan fingerprint density at radius 1 is 0.585 bits per heavy atom. The van der Waals surface area contributed by atoms with Crippen molar-refractivity contribution >= 4 is 171 Å². The molecule has 8 aromatic heterocycles. The number of ether oxygens (including phenoxy) is 4. The van der Waals surface area contributed by atoms with Crippen molar-refractivity contribution in [3.05, 3.63) is 162 Å². The summed E-state index contributed by atoms with van der Waals surface area (Å²) in [5.41, 5.74) is 3.16. The lowest BCUT2D eigenvalue weighted by Crippen LogP contribution is -2.37. The molecule has 0 aliphatic carbocycles. The third kappa shape index (κ3) is 19.5.